The second-order valence-corrected chi connectivity index (χ2v) is 6.17. The van der Waals surface area contributed by atoms with Crippen LogP contribution >= 0.6 is 0 Å². The maximum Gasteiger partial charge on any atom is 0.496 e. The van der Waals surface area contributed by atoms with Crippen molar-refractivity contribution in [3.8, 4) is 0 Å². The van der Waals surface area contributed by atoms with Gasteiger partial charge in [0.15, 0.2) is 0 Å². The monoisotopic (exact) mass is 323 g/mol. The summed E-state index contributed by atoms with van der Waals surface area (Å²) in [6, 6.07) is 0.711. The van der Waals surface area contributed by atoms with E-state index in [4.69, 9.17) is 9.31 Å². The third-order valence-electron chi connectivity index (χ3n) is 4.00. The molecule has 2 rings (SSSR count). The maximum atomic E-state index is 13.4. The number of hydrogen-bond donors (Lipinski definition) is 0. The summed E-state index contributed by atoms with van der Waals surface area (Å²) in [5.41, 5.74) is -2.70. The molecule has 1 aliphatic rings. The van der Waals surface area contributed by atoms with E-state index in [1.807, 2.05) is 0 Å². The van der Waals surface area contributed by atoms with E-state index in [1.54, 1.807) is 27.7 Å². The van der Waals surface area contributed by atoms with Crippen LogP contribution in [0.5, 0.6) is 0 Å². The molecule has 3 nitrogen and oxygen atoms in total. The molecule has 0 spiro atoms. The van der Waals surface area contributed by atoms with Gasteiger partial charge in [-0.15, -0.1) is 0 Å². The van der Waals surface area contributed by atoms with Crippen LogP contribution in [-0.2, 0) is 15.2 Å². The first kappa shape index (κ1) is 17.1. The van der Waals surface area contributed by atoms with Crippen LogP contribution in [0.25, 0.3) is 0 Å². The molecule has 1 aromatic heterocycles. The van der Waals surface area contributed by atoms with Gasteiger partial charge in [-0.3, -0.25) is 4.98 Å². The molecule has 2 heterocycles. The van der Waals surface area contributed by atoms with Crippen LogP contribution in [-0.4, -0.2) is 29.5 Å². The van der Waals surface area contributed by atoms with E-state index in [0.717, 1.165) is 6.20 Å². The Hall–Kier alpha value is -1.22. The highest BCUT2D eigenvalue weighted by Crippen LogP contribution is 2.43. The topological polar surface area (TPSA) is 31.4 Å². The highest BCUT2D eigenvalue weighted by molar-refractivity contribution is 6.62. The van der Waals surface area contributed by atoms with Crippen LogP contribution in [0.1, 0.15) is 33.3 Å². The highest BCUT2D eigenvalue weighted by Gasteiger charge is 2.59. The van der Waals surface area contributed by atoms with Crippen LogP contribution < -0.4 is 5.46 Å². The second kappa shape index (κ2) is 4.89. The van der Waals surface area contributed by atoms with Crippen molar-refractivity contribution in [2.45, 2.75) is 51.0 Å². The molecule has 1 aromatic rings. The minimum Gasteiger partial charge on any atom is -0.399 e. The molecule has 0 aromatic carbocycles. The third-order valence-corrected chi connectivity index (χ3v) is 4.00. The zero-order chi connectivity index (χ0) is 17.0. The number of alkyl halides is 5. The van der Waals surface area contributed by atoms with Crippen molar-refractivity contribution >= 4 is 12.6 Å². The first-order valence-electron chi connectivity index (χ1n) is 6.53. The van der Waals surface area contributed by atoms with Gasteiger partial charge in [0.05, 0.1) is 11.2 Å². The Morgan fingerprint density at radius 2 is 1.45 bits per heavy atom. The maximum absolute atomic E-state index is 13.4. The minimum absolute atomic E-state index is 0.0140. The van der Waals surface area contributed by atoms with E-state index in [0.29, 0.717) is 12.3 Å². The molecule has 0 bridgehead atoms. The van der Waals surface area contributed by atoms with E-state index in [2.05, 4.69) is 4.98 Å². The lowest BCUT2D eigenvalue weighted by molar-refractivity contribution is -0.289. The largest absolute Gasteiger partial charge is 0.496 e. The lowest BCUT2D eigenvalue weighted by Crippen LogP contribution is -2.41. The average Bonchev–Trinajstić information content (AvgIpc) is 2.57. The standard InChI is InChI=1S/C13H15BF5NO2/c1-10(2)11(3,4)22-14(21-10)9-5-8(6-20-7-9)12(15,16)13(17,18)19/h5-7H,1-4H3. The van der Waals surface area contributed by atoms with E-state index in [1.165, 1.54) is 0 Å². The number of rotatable bonds is 2. The van der Waals surface area contributed by atoms with Gasteiger partial charge in [0.2, 0.25) is 0 Å². The van der Waals surface area contributed by atoms with Gasteiger partial charge in [-0.05, 0) is 33.8 Å². The van der Waals surface area contributed by atoms with Gasteiger partial charge in [-0.25, -0.2) is 0 Å². The van der Waals surface area contributed by atoms with Crippen molar-refractivity contribution in [2.24, 2.45) is 0 Å². The normalized spacial score (nSPS) is 21.2. The number of nitrogens with zero attached hydrogens (tertiary/aromatic N) is 1. The van der Waals surface area contributed by atoms with Gasteiger partial charge in [-0.2, -0.15) is 22.0 Å². The average molecular weight is 323 g/mol. The Kier molecular flexibility index (Phi) is 3.81. The number of halogens is 5. The van der Waals surface area contributed by atoms with Crippen molar-refractivity contribution in [2.75, 3.05) is 0 Å². The van der Waals surface area contributed by atoms with Crippen molar-refractivity contribution < 1.29 is 31.3 Å². The van der Waals surface area contributed by atoms with Crippen LogP contribution in [0.2, 0.25) is 0 Å². The van der Waals surface area contributed by atoms with Crippen LogP contribution in [0, 0.1) is 0 Å². The first-order valence-corrected chi connectivity index (χ1v) is 6.53. The molecule has 0 unspecified atom stereocenters. The zero-order valence-corrected chi connectivity index (χ0v) is 12.5. The molecule has 0 N–H and O–H groups in total. The Bertz CT molecular complexity index is 558. The zero-order valence-electron chi connectivity index (χ0n) is 12.5. The lowest BCUT2D eigenvalue weighted by Gasteiger charge is -2.32. The van der Waals surface area contributed by atoms with Crippen molar-refractivity contribution in [3.05, 3.63) is 24.0 Å². The number of pyridine rings is 1. The summed E-state index contributed by atoms with van der Waals surface area (Å²) in [6.07, 6.45) is -4.05. The van der Waals surface area contributed by atoms with E-state index in [-0.39, 0.29) is 5.46 Å². The Labute approximate surface area is 125 Å². The predicted molar refractivity (Wildman–Crippen MR) is 69.9 cm³/mol. The molecule has 1 saturated heterocycles. The second-order valence-electron chi connectivity index (χ2n) is 6.17. The third kappa shape index (κ3) is 2.71. The van der Waals surface area contributed by atoms with Crippen molar-refractivity contribution in [3.63, 3.8) is 0 Å². The van der Waals surface area contributed by atoms with Crippen molar-refractivity contribution in [1.82, 2.24) is 4.98 Å². The fourth-order valence-corrected chi connectivity index (χ4v) is 1.90. The quantitative estimate of drug-likeness (QED) is 0.619. The summed E-state index contributed by atoms with van der Waals surface area (Å²) in [4.78, 5) is 3.46. The predicted octanol–water partition coefficient (Wildman–Crippen LogP) is 3.03. The van der Waals surface area contributed by atoms with Gasteiger partial charge in [0, 0.05) is 23.4 Å². The van der Waals surface area contributed by atoms with Gasteiger partial charge < -0.3 is 9.31 Å². The highest BCUT2D eigenvalue weighted by atomic mass is 19.4. The molecule has 0 saturated carbocycles. The molecular weight excluding hydrogens is 308 g/mol. The van der Waals surface area contributed by atoms with Gasteiger partial charge in [0.1, 0.15) is 0 Å². The summed E-state index contributed by atoms with van der Waals surface area (Å²) < 4.78 is 75.3. The molecule has 0 amide bonds. The Morgan fingerprint density at radius 3 is 1.91 bits per heavy atom. The SMILES string of the molecule is CC1(C)OB(c2cncc(C(F)(F)C(F)(F)F)c2)OC1(C)C. The van der Waals surface area contributed by atoms with Gasteiger partial charge in [0.25, 0.3) is 0 Å². The van der Waals surface area contributed by atoms with Gasteiger partial charge >= 0.3 is 19.2 Å². The summed E-state index contributed by atoms with van der Waals surface area (Å²) in [6.45, 7) is 6.98. The molecule has 22 heavy (non-hydrogen) atoms. The first-order chi connectivity index (χ1) is 9.78. The molecule has 0 radical (unpaired) electrons. The Balaban J connectivity index is 2.35. The van der Waals surface area contributed by atoms with Gasteiger partial charge in [-0.1, -0.05) is 0 Å². The summed E-state index contributed by atoms with van der Waals surface area (Å²) in [5, 5.41) is 0. The molecule has 122 valence electrons. The molecular formula is C13H15BF5NO2. The fourth-order valence-electron chi connectivity index (χ4n) is 1.90. The van der Waals surface area contributed by atoms with Crippen molar-refractivity contribution in [1.29, 1.82) is 0 Å². The van der Waals surface area contributed by atoms with E-state index < -0.39 is 36.0 Å². The van der Waals surface area contributed by atoms with E-state index >= 15 is 0 Å². The Morgan fingerprint density at radius 1 is 0.955 bits per heavy atom. The van der Waals surface area contributed by atoms with Crippen LogP contribution in [0.15, 0.2) is 18.5 Å². The summed E-state index contributed by atoms with van der Waals surface area (Å²) in [5.74, 6) is -4.99. The molecule has 1 aliphatic heterocycles. The molecule has 1 fully saturated rings. The summed E-state index contributed by atoms with van der Waals surface area (Å²) in [7, 11) is -1.05. The minimum atomic E-state index is -5.69. The summed E-state index contributed by atoms with van der Waals surface area (Å²) >= 11 is 0. The smallest absolute Gasteiger partial charge is 0.399 e. The molecule has 0 aliphatic carbocycles. The fraction of sp³-hybridized carbons (Fsp3) is 0.615. The number of aromatic nitrogens is 1. The molecule has 9 heteroatoms. The van der Waals surface area contributed by atoms with Crippen LogP contribution in [0.3, 0.4) is 0 Å². The lowest BCUT2D eigenvalue weighted by atomic mass is 9.79. The van der Waals surface area contributed by atoms with E-state index in [9.17, 15) is 22.0 Å². The number of hydrogen-bond acceptors (Lipinski definition) is 3. The molecule has 0 atom stereocenters. The van der Waals surface area contributed by atoms with Crippen LogP contribution in [0.4, 0.5) is 22.0 Å².